The van der Waals surface area contributed by atoms with Gasteiger partial charge < -0.3 is 15.4 Å². The van der Waals surface area contributed by atoms with Crippen molar-refractivity contribution in [2.75, 3.05) is 17.7 Å². The van der Waals surface area contributed by atoms with Crippen LogP contribution in [0.5, 0.6) is 5.75 Å². The summed E-state index contributed by atoms with van der Waals surface area (Å²) >= 11 is 6.14. The Kier molecular flexibility index (Phi) is 5.39. The summed E-state index contributed by atoms with van der Waals surface area (Å²) in [6.45, 7) is 1.92. The van der Waals surface area contributed by atoms with E-state index in [4.69, 9.17) is 16.3 Å². The molecule has 2 aromatic carbocycles. The number of nitrogens with one attached hydrogen (secondary N) is 2. The minimum atomic E-state index is -0.219. The molecule has 0 radical (unpaired) electrons. The molecule has 2 N–H and O–H groups in total. The molecule has 132 valence electrons. The van der Waals surface area contributed by atoms with Crippen molar-refractivity contribution in [3.63, 3.8) is 0 Å². The molecule has 0 aliphatic heterocycles. The second-order valence-corrected chi connectivity index (χ2v) is 6.06. The zero-order valence-corrected chi connectivity index (χ0v) is 15.2. The van der Waals surface area contributed by atoms with Gasteiger partial charge in [-0.2, -0.15) is 0 Å². The summed E-state index contributed by atoms with van der Waals surface area (Å²) in [6, 6.07) is 16.1. The third-order valence-corrected chi connectivity index (χ3v) is 4.31. The first kappa shape index (κ1) is 17.8. The number of benzene rings is 2. The summed E-state index contributed by atoms with van der Waals surface area (Å²) in [6.07, 6.45) is 1.59. The van der Waals surface area contributed by atoms with E-state index in [1.54, 1.807) is 49.7 Å². The van der Waals surface area contributed by atoms with Gasteiger partial charge >= 0.3 is 0 Å². The van der Waals surface area contributed by atoms with Gasteiger partial charge in [-0.3, -0.25) is 4.79 Å². The van der Waals surface area contributed by atoms with Crippen LogP contribution >= 0.6 is 11.6 Å². The van der Waals surface area contributed by atoms with E-state index in [1.165, 1.54) is 0 Å². The Morgan fingerprint density at radius 3 is 2.62 bits per heavy atom. The van der Waals surface area contributed by atoms with Crippen LogP contribution in [0, 0.1) is 6.92 Å². The van der Waals surface area contributed by atoms with Crippen molar-refractivity contribution in [3.05, 3.63) is 76.9 Å². The molecule has 0 fully saturated rings. The first-order valence-corrected chi connectivity index (χ1v) is 8.38. The lowest BCUT2D eigenvalue weighted by atomic mass is 10.2. The third-order valence-electron chi connectivity index (χ3n) is 3.90. The minimum Gasteiger partial charge on any atom is -0.497 e. The highest BCUT2D eigenvalue weighted by molar-refractivity contribution is 6.31. The number of amides is 1. The molecule has 3 rings (SSSR count). The molecule has 3 aromatic rings. The van der Waals surface area contributed by atoms with E-state index in [0.717, 1.165) is 17.0 Å². The fraction of sp³-hybridized carbons (Fsp3) is 0.100. The van der Waals surface area contributed by atoms with Gasteiger partial charge in [-0.1, -0.05) is 17.7 Å². The van der Waals surface area contributed by atoms with Gasteiger partial charge in [-0.15, -0.1) is 0 Å². The van der Waals surface area contributed by atoms with Gasteiger partial charge in [-0.05, 0) is 61.0 Å². The zero-order chi connectivity index (χ0) is 18.5. The number of carbonyl (C=O) groups is 1. The Morgan fingerprint density at radius 2 is 1.88 bits per heavy atom. The summed E-state index contributed by atoms with van der Waals surface area (Å²) in [5, 5.41) is 6.71. The highest BCUT2D eigenvalue weighted by atomic mass is 35.5. The van der Waals surface area contributed by atoms with Gasteiger partial charge in [0.25, 0.3) is 5.91 Å². The molecular formula is C20H18ClN3O2. The molecule has 26 heavy (non-hydrogen) atoms. The van der Waals surface area contributed by atoms with Crippen molar-refractivity contribution in [1.29, 1.82) is 0 Å². The lowest BCUT2D eigenvalue weighted by Gasteiger charge is -2.11. The predicted octanol–water partition coefficient (Wildman–Crippen LogP) is 5.05. The van der Waals surface area contributed by atoms with E-state index in [9.17, 15) is 4.79 Å². The van der Waals surface area contributed by atoms with Crippen LogP contribution < -0.4 is 15.4 Å². The van der Waals surface area contributed by atoms with Gasteiger partial charge in [-0.25, -0.2) is 4.98 Å². The minimum absolute atomic E-state index is 0.219. The van der Waals surface area contributed by atoms with Gasteiger partial charge in [0.1, 0.15) is 11.6 Å². The van der Waals surface area contributed by atoms with Crippen molar-refractivity contribution in [3.8, 4) is 5.75 Å². The monoisotopic (exact) mass is 367 g/mol. The molecule has 0 atom stereocenters. The van der Waals surface area contributed by atoms with Crippen LogP contribution in [0.4, 0.5) is 17.2 Å². The summed E-state index contributed by atoms with van der Waals surface area (Å²) < 4.78 is 5.11. The van der Waals surface area contributed by atoms with Crippen LogP contribution in [-0.2, 0) is 0 Å². The lowest BCUT2D eigenvalue weighted by Crippen LogP contribution is -2.12. The van der Waals surface area contributed by atoms with Gasteiger partial charge in [0, 0.05) is 28.2 Å². The normalized spacial score (nSPS) is 10.3. The van der Waals surface area contributed by atoms with Crippen LogP contribution in [0.1, 0.15) is 15.9 Å². The Hall–Kier alpha value is -3.05. The fourth-order valence-electron chi connectivity index (χ4n) is 2.40. The second-order valence-electron chi connectivity index (χ2n) is 5.65. The smallest absolute Gasteiger partial charge is 0.255 e. The first-order valence-electron chi connectivity index (χ1n) is 8.00. The Bertz CT molecular complexity index is 927. The van der Waals surface area contributed by atoms with Crippen LogP contribution in [0.25, 0.3) is 0 Å². The van der Waals surface area contributed by atoms with Crippen LogP contribution in [0.2, 0.25) is 5.02 Å². The number of pyridine rings is 1. The maximum absolute atomic E-state index is 12.5. The van der Waals surface area contributed by atoms with Crippen LogP contribution in [0.3, 0.4) is 0 Å². The molecule has 5 nitrogen and oxygen atoms in total. The molecule has 1 aromatic heterocycles. The lowest BCUT2D eigenvalue weighted by molar-refractivity contribution is 0.102. The number of aromatic nitrogens is 1. The molecule has 6 heteroatoms. The zero-order valence-electron chi connectivity index (χ0n) is 14.4. The Morgan fingerprint density at radius 1 is 1.12 bits per heavy atom. The van der Waals surface area contributed by atoms with Crippen molar-refractivity contribution in [2.45, 2.75) is 6.92 Å². The van der Waals surface area contributed by atoms with Gasteiger partial charge in [0.05, 0.1) is 7.11 Å². The predicted molar refractivity (Wildman–Crippen MR) is 105 cm³/mol. The van der Waals surface area contributed by atoms with Crippen LogP contribution in [-0.4, -0.2) is 18.0 Å². The van der Waals surface area contributed by atoms with E-state index in [1.807, 2.05) is 25.1 Å². The van der Waals surface area contributed by atoms with Crippen molar-refractivity contribution in [1.82, 2.24) is 4.98 Å². The highest BCUT2D eigenvalue weighted by Crippen LogP contribution is 2.25. The van der Waals surface area contributed by atoms with Crippen molar-refractivity contribution in [2.24, 2.45) is 0 Å². The number of hydrogen-bond donors (Lipinski definition) is 2. The molecule has 0 unspecified atom stereocenters. The number of hydrogen-bond acceptors (Lipinski definition) is 4. The van der Waals surface area contributed by atoms with Crippen LogP contribution in [0.15, 0.2) is 60.8 Å². The topological polar surface area (TPSA) is 63.2 Å². The van der Waals surface area contributed by atoms with E-state index < -0.39 is 0 Å². The number of ether oxygens (including phenoxy) is 1. The average molecular weight is 368 g/mol. The Balaban J connectivity index is 1.75. The third kappa shape index (κ3) is 4.13. The van der Waals surface area contributed by atoms with Gasteiger partial charge in [0.2, 0.25) is 0 Å². The molecule has 0 saturated carbocycles. The largest absolute Gasteiger partial charge is 0.497 e. The summed E-state index contributed by atoms with van der Waals surface area (Å²) in [5.74, 6) is 1.08. The number of carbonyl (C=O) groups excluding carboxylic acids is 1. The number of halogens is 1. The van der Waals surface area contributed by atoms with Crippen molar-refractivity contribution >= 4 is 34.7 Å². The molecular weight excluding hydrogens is 350 g/mol. The second kappa shape index (κ2) is 7.89. The summed E-state index contributed by atoms with van der Waals surface area (Å²) in [5.41, 5.74) is 2.95. The van der Waals surface area contributed by atoms with Gasteiger partial charge in [0.15, 0.2) is 0 Å². The Labute approximate surface area is 157 Å². The standard InChI is InChI=1S/C20H18ClN3O2/c1-13-17(21)4-3-5-18(13)24-19-12-14(10-11-22-19)20(25)23-15-6-8-16(26-2)9-7-15/h3-12H,1-2H3,(H,22,24)(H,23,25). The molecule has 1 heterocycles. The van der Waals surface area contributed by atoms with E-state index >= 15 is 0 Å². The quantitative estimate of drug-likeness (QED) is 0.662. The SMILES string of the molecule is COc1ccc(NC(=O)c2ccnc(Nc3cccc(Cl)c3C)c2)cc1. The van der Waals surface area contributed by atoms with E-state index in [0.29, 0.717) is 22.1 Å². The number of rotatable bonds is 5. The molecule has 0 aliphatic carbocycles. The number of nitrogens with zero attached hydrogens (tertiary/aromatic N) is 1. The maximum Gasteiger partial charge on any atom is 0.255 e. The number of methoxy groups -OCH3 is 1. The summed E-state index contributed by atoms with van der Waals surface area (Å²) in [7, 11) is 1.60. The summed E-state index contributed by atoms with van der Waals surface area (Å²) in [4.78, 5) is 16.7. The number of anilines is 3. The molecule has 0 saturated heterocycles. The average Bonchev–Trinajstić information content (AvgIpc) is 2.66. The van der Waals surface area contributed by atoms with Crippen molar-refractivity contribution < 1.29 is 9.53 Å². The first-order chi connectivity index (χ1) is 12.6. The maximum atomic E-state index is 12.5. The molecule has 0 spiro atoms. The molecule has 0 bridgehead atoms. The highest BCUT2D eigenvalue weighted by Gasteiger charge is 2.09. The van der Waals surface area contributed by atoms with E-state index in [-0.39, 0.29) is 5.91 Å². The molecule has 0 aliphatic rings. The fourth-order valence-corrected chi connectivity index (χ4v) is 2.57. The molecule has 1 amide bonds. The van der Waals surface area contributed by atoms with E-state index in [2.05, 4.69) is 15.6 Å².